The van der Waals surface area contributed by atoms with Crippen LogP contribution in [0.1, 0.15) is 32.6 Å². The van der Waals surface area contributed by atoms with Crippen LogP contribution in [0, 0.1) is 24.2 Å². The Morgan fingerprint density at radius 1 is 1.58 bits per heavy atom. The predicted octanol–water partition coefficient (Wildman–Crippen LogP) is 1.79. The average Bonchev–Trinajstić information content (AvgIpc) is 2.71. The summed E-state index contributed by atoms with van der Waals surface area (Å²) in [5.74, 6) is 4.78. The van der Waals surface area contributed by atoms with Crippen LogP contribution in [-0.2, 0) is 0 Å². The molecule has 0 aromatic carbocycles. The summed E-state index contributed by atoms with van der Waals surface area (Å²) in [6.07, 6.45) is 10.4. The van der Waals surface area contributed by atoms with Crippen molar-refractivity contribution in [2.75, 3.05) is 0 Å². The third-order valence-corrected chi connectivity index (χ3v) is 3.27. The molecule has 2 aliphatic carbocycles. The van der Waals surface area contributed by atoms with Crippen LogP contribution in [0.2, 0.25) is 0 Å². The smallest absolute Gasteiger partial charge is 0.0238 e. The van der Waals surface area contributed by atoms with Gasteiger partial charge in [-0.05, 0) is 38.0 Å². The fourth-order valence-corrected chi connectivity index (χ4v) is 2.51. The molecule has 0 bridgehead atoms. The van der Waals surface area contributed by atoms with E-state index in [4.69, 9.17) is 6.42 Å². The molecule has 0 spiro atoms. The van der Waals surface area contributed by atoms with Crippen LogP contribution >= 0.6 is 0 Å². The van der Waals surface area contributed by atoms with Gasteiger partial charge in [-0.3, -0.25) is 0 Å². The lowest BCUT2D eigenvalue weighted by Gasteiger charge is -2.18. The monoisotopic (exact) mass is 163 g/mol. The van der Waals surface area contributed by atoms with Gasteiger partial charge in [0.05, 0.1) is 0 Å². The number of terminal acetylenes is 1. The van der Waals surface area contributed by atoms with Crippen LogP contribution < -0.4 is 5.32 Å². The van der Waals surface area contributed by atoms with E-state index in [1.54, 1.807) is 0 Å². The van der Waals surface area contributed by atoms with Crippen LogP contribution in [0.25, 0.3) is 0 Å². The summed E-state index contributed by atoms with van der Waals surface area (Å²) in [6.45, 7) is 2.19. The van der Waals surface area contributed by atoms with Gasteiger partial charge in [0.15, 0.2) is 0 Å². The Morgan fingerprint density at radius 3 is 2.92 bits per heavy atom. The highest BCUT2D eigenvalue weighted by Gasteiger charge is 2.47. The second-order valence-corrected chi connectivity index (χ2v) is 4.32. The highest BCUT2D eigenvalue weighted by atomic mass is 15.0. The molecule has 2 saturated carbocycles. The van der Waals surface area contributed by atoms with Gasteiger partial charge in [-0.2, -0.15) is 0 Å². The first-order valence-electron chi connectivity index (χ1n) is 5.00. The number of fused-ring (bicyclic) bond motifs is 1. The van der Waals surface area contributed by atoms with Gasteiger partial charge in [-0.25, -0.2) is 0 Å². The van der Waals surface area contributed by atoms with E-state index >= 15 is 0 Å². The van der Waals surface area contributed by atoms with Crippen molar-refractivity contribution >= 4 is 0 Å². The van der Waals surface area contributed by atoms with Crippen LogP contribution in [0.4, 0.5) is 0 Å². The van der Waals surface area contributed by atoms with Gasteiger partial charge in [0.25, 0.3) is 0 Å². The summed E-state index contributed by atoms with van der Waals surface area (Å²) < 4.78 is 0. The highest BCUT2D eigenvalue weighted by molar-refractivity contribution is 5.02. The van der Waals surface area contributed by atoms with Crippen molar-refractivity contribution in [3.05, 3.63) is 0 Å². The standard InChI is InChI=1S/C11H17N/c1-3-4-8(2)12-11-6-5-9-7-10(9)11/h1,8-12H,4-7H2,2H3. The van der Waals surface area contributed by atoms with Gasteiger partial charge in [0, 0.05) is 18.5 Å². The van der Waals surface area contributed by atoms with Crippen molar-refractivity contribution in [2.45, 2.75) is 44.7 Å². The molecule has 0 heterocycles. The Hall–Kier alpha value is -0.480. The Morgan fingerprint density at radius 2 is 2.42 bits per heavy atom. The van der Waals surface area contributed by atoms with E-state index in [9.17, 15) is 0 Å². The summed E-state index contributed by atoms with van der Waals surface area (Å²) >= 11 is 0. The van der Waals surface area contributed by atoms with Crippen molar-refractivity contribution in [1.29, 1.82) is 0 Å². The molecule has 2 fully saturated rings. The minimum Gasteiger partial charge on any atom is -0.310 e. The maximum absolute atomic E-state index is 5.26. The molecular weight excluding hydrogens is 146 g/mol. The molecule has 0 aromatic heterocycles. The molecule has 0 aromatic rings. The van der Waals surface area contributed by atoms with E-state index < -0.39 is 0 Å². The van der Waals surface area contributed by atoms with E-state index in [0.717, 1.165) is 24.3 Å². The molecule has 1 N–H and O–H groups in total. The molecule has 0 saturated heterocycles. The van der Waals surface area contributed by atoms with Crippen molar-refractivity contribution in [3.63, 3.8) is 0 Å². The van der Waals surface area contributed by atoms with Gasteiger partial charge >= 0.3 is 0 Å². The summed E-state index contributed by atoms with van der Waals surface area (Å²) in [5, 5.41) is 3.63. The second kappa shape index (κ2) is 3.11. The van der Waals surface area contributed by atoms with Gasteiger partial charge in [0.2, 0.25) is 0 Å². The second-order valence-electron chi connectivity index (χ2n) is 4.32. The molecular formula is C11H17N. The molecule has 0 amide bonds. The maximum atomic E-state index is 5.26. The van der Waals surface area contributed by atoms with Gasteiger partial charge in [-0.15, -0.1) is 12.3 Å². The zero-order valence-electron chi connectivity index (χ0n) is 7.72. The largest absolute Gasteiger partial charge is 0.310 e. The molecule has 4 atom stereocenters. The minimum atomic E-state index is 0.513. The van der Waals surface area contributed by atoms with E-state index in [1.165, 1.54) is 19.3 Å². The fraction of sp³-hybridized carbons (Fsp3) is 0.818. The number of hydrogen-bond acceptors (Lipinski definition) is 1. The Bertz CT molecular complexity index is 204. The summed E-state index contributed by atoms with van der Waals surface area (Å²) in [5.41, 5.74) is 0. The predicted molar refractivity (Wildman–Crippen MR) is 50.7 cm³/mol. The maximum Gasteiger partial charge on any atom is 0.0238 e. The molecule has 2 aliphatic rings. The van der Waals surface area contributed by atoms with E-state index in [1.807, 2.05) is 0 Å². The first-order valence-corrected chi connectivity index (χ1v) is 5.00. The molecule has 66 valence electrons. The van der Waals surface area contributed by atoms with E-state index in [2.05, 4.69) is 18.2 Å². The van der Waals surface area contributed by atoms with Crippen LogP contribution in [-0.4, -0.2) is 12.1 Å². The van der Waals surface area contributed by atoms with Crippen LogP contribution in [0.15, 0.2) is 0 Å². The Kier molecular flexibility index (Phi) is 2.11. The summed E-state index contributed by atoms with van der Waals surface area (Å²) in [6, 6.07) is 1.30. The van der Waals surface area contributed by atoms with E-state index in [0.29, 0.717) is 6.04 Å². The molecule has 0 aliphatic heterocycles. The summed E-state index contributed by atoms with van der Waals surface area (Å²) in [4.78, 5) is 0. The lowest BCUT2D eigenvalue weighted by atomic mass is 10.1. The Labute approximate surface area is 74.9 Å². The topological polar surface area (TPSA) is 12.0 Å². The SMILES string of the molecule is C#CCC(C)NC1CCC2CC21. The van der Waals surface area contributed by atoms with Gasteiger partial charge < -0.3 is 5.32 Å². The van der Waals surface area contributed by atoms with Crippen molar-refractivity contribution in [1.82, 2.24) is 5.32 Å². The highest BCUT2D eigenvalue weighted by Crippen LogP contribution is 2.51. The molecule has 12 heavy (non-hydrogen) atoms. The van der Waals surface area contributed by atoms with Crippen molar-refractivity contribution in [2.24, 2.45) is 11.8 Å². The number of hydrogen-bond donors (Lipinski definition) is 1. The number of nitrogens with one attached hydrogen (secondary N) is 1. The lowest BCUT2D eigenvalue weighted by Crippen LogP contribution is -2.36. The average molecular weight is 163 g/mol. The molecule has 1 heteroatoms. The van der Waals surface area contributed by atoms with Crippen molar-refractivity contribution < 1.29 is 0 Å². The number of rotatable bonds is 3. The molecule has 1 nitrogen and oxygen atoms in total. The third-order valence-electron chi connectivity index (χ3n) is 3.27. The molecule has 0 radical (unpaired) electrons. The van der Waals surface area contributed by atoms with Crippen molar-refractivity contribution in [3.8, 4) is 12.3 Å². The zero-order chi connectivity index (χ0) is 8.55. The minimum absolute atomic E-state index is 0.513. The molecule has 4 unspecified atom stereocenters. The van der Waals surface area contributed by atoms with Crippen LogP contribution in [0.5, 0.6) is 0 Å². The van der Waals surface area contributed by atoms with Gasteiger partial charge in [0.1, 0.15) is 0 Å². The molecule has 2 rings (SSSR count). The lowest BCUT2D eigenvalue weighted by molar-refractivity contribution is 0.421. The fourth-order valence-electron chi connectivity index (χ4n) is 2.51. The quantitative estimate of drug-likeness (QED) is 0.625. The first kappa shape index (κ1) is 8.13. The first-order chi connectivity index (χ1) is 5.81. The van der Waals surface area contributed by atoms with Crippen LogP contribution in [0.3, 0.4) is 0 Å². The Balaban J connectivity index is 1.76. The third kappa shape index (κ3) is 1.49. The van der Waals surface area contributed by atoms with Gasteiger partial charge in [-0.1, -0.05) is 0 Å². The van der Waals surface area contributed by atoms with E-state index in [-0.39, 0.29) is 0 Å². The normalized spacial score (nSPS) is 40.2. The summed E-state index contributed by atoms with van der Waals surface area (Å²) in [7, 11) is 0. The zero-order valence-corrected chi connectivity index (χ0v) is 7.72.